The van der Waals surface area contributed by atoms with Gasteiger partial charge in [-0.15, -0.1) is 0 Å². The molecule has 0 aromatic carbocycles. The van der Waals surface area contributed by atoms with Crippen molar-refractivity contribution in [1.29, 1.82) is 0 Å². The first kappa shape index (κ1) is 13.9. The van der Waals surface area contributed by atoms with Crippen molar-refractivity contribution in [3.63, 3.8) is 0 Å². The normalized spacial score (nSPS) is 13.3. The Morgan fingerprint density at radius 3 is 1.79 bits per heavy atom. The molecule has 0 unspecified atom stereocenters. The van der Waals surface area contributed by atoms with Crippen molar-refractivity contribution in [2.45, 2.75) is 48.0 Å². The fraction of sp³-hybridized carbons (Fsp3) is 1.00. The second kappa shape index (κ2) is 5.72. The van der Waals surface area contributed by atoms with Crippen LogP contribution in [0.4, 0.5) is 0 Å². The van der Waals surface area contributed by atoms with E-state index in [1.54, 1.807) is 0 Å². The Hall–Kier alpha value is -0.0800. The molecule has 2 nitrogen and oxygen atoms in total. The van der Waals surface area contributed by atoms with E-state index in [1.165, 1.54) is 6.42 Å². The van der Waals surface area contributed by atoms with Crippen molar-refractivity contribution >= 4 is 0 Å². The molecule has 0 aromatic rings. The third-order valence-corrected chi connectivity index (χ3v) is 1.96. The lowest BCUT2D eigenvalue weighted by Crippen LogP contribution is -2.35. The summed E-state index contributed by atoms with van der Waals surface area (Å²) in [5.41, 5.74) is 0.822. The maximum atomic E-state index is 3.40. The van der Waals surface area contributed by atoms with Crippen molar-refractivity contribution < 1.29 is 0 Å². The van der Waals surface area contributed by atoms with Gasteiger partial charge in [-0.05, 0) is 23.8 Å². The van der Waals surface area contributed by atoms with Gasteiger partial charge in [0.2, 0.25) is 0 Å². The molecule has 0 spiro atoms. The lowest BCUT2D eigenvalue weighted by molar-refractivity contribution is 0.346. The molecule has 0 heterocycles. The molecule has 2 N–H and O–H groups in total. The van der Waals surface area contributed by atoms with Gasteiger partial charge < -0.3 is 10.6 Å². The molecular weight excluding hydrogens is 172 g/mol. The van der Waals surface area contributed by atoms with Gasteiger partial charge in [-0.2, -0.15) is 0 Å². The van der Waals surface area contributed by atoms with Crippen LogP contribution >= 0.6 is 0 Å². The van der Waals surface area contributed by atoms with Crippen LogP contribution in [0, 0.1) is 10.8 Å². The fourth-order valence-corrected chi connectivity index (χ4v) is 1.08. The van der Waals surface area contributed by atoms with Gasteiger partial charge in [0, 0.05) is 13.2 Å². The first-order chi connectivity index (χ1) is 6.21. The Labute approximate surface area is 89.9 Å². The molecule has 14 heavy (non-hydrogen) atoms. The highest BCUT2D eigenvalue weighted by Crippen LogP contribution is 2.16. The highest BCUT2D eigenvalue weighted by Gasteiger charge is 2.10. The van der Waals surface area contributed by atoms with Gasteiger partial charge in [-0.1, -0.05) is 41.5 Å². The zero-order valence-corrected chi connectivity index (χ0v) is 10.8. The summed E-state index contributed by atoms with van der Waals surface area (Å²) in [6.45, 7) is 16.6. The van der Waals surface area contributed by atoms with E-state index in [2.05, 4.69) is 52.2 Å². The lowest BCUT2D eigenvalue weighted by atomic mass is 9.92. The average Bonchev–Trinajstić information content (AvgIpc) is 1.92. The van der Waals surface area contributed by atoms with Crippen molar-refractivity contribution in [3.05, 3.63) is 0 Å². The van der Waals surface area contributed by atoms with Crippen LogP contribution < -0.4 is 10.6 Å². The minimum Gasteiger partial charge on any atom is -0.304 e. The quantitative estimate of drug-likeness (QED) is 0.526. The van der Waals surface area contributed by atoms with E-state index in [4.69, 9.17) is 0 Å². The molecule has 0 fully saturated rings. The van der Waals surface area contributed by atoms with Crippen LogP contribution in [0.1, 0.15) is 48.0 Å². The third kappa shape index (κ3) is 11.9. The van der Waals surface area contributed by atoms with Crippen LogP contribution in [-0.2, 0) is 0 Å². The van der Waals surface area contributed by atoms with Crippen molar-refractivity contribution in [3.8, 4) is 0 Å². The SMILES string of the molecule is CC(C)(C)CCNCNCC(C)(C)C. The number of nitrogens with one attached hydrogen (secondary N) is 2. The molecule has 0 radical (unpaired) electrons. The van der Waals surface area contributed by atoms with Gasteiger partial charge in [0.05, 0.1) is 0 Å². The second-order valence-corrected chi connectivity index (χ2v) is 6.47. The highest BCUT2D eigenvalue weighted by atomic mass is 15.1. The Morgan fingerprint density at radius 1 is 0.786 bits per heavy atom. The minimum absolute atomic E-state index is 0.381. The number of rotatable bonds is 5. The van der Waals surface area contributed by atoms with E-state index in [-0.39, 0.29) is 0 Å². The smallest absolute Gasteiger partial charge is 0.0454 e. The molecule has 0 saturated carbocycles. The second-order valence-electron chi connectivity index (χ2n) is 6.47. The molecule has 0 aliphatic carbocycles. The topological polar surface area (TPSA) is 24.1 Å². The number of hydrogen-bond acceptors (Lipinski definition) is 2. The van der Waals surface area contributed by atoms with Crippen LogP contribution in [0.15, 0.2) is 0 Å². The molecule has 0 aliphatic rings. The Kier molecular flexibility index (Phi) is 5.68. The zero-order valence-electron chi connectivity index (χ0n) is 10.8. The van der Waals surface area contributed by atoms with Gasteiger partial charge in [-0.3, -0.25) is 0 Å². The summed E-state index contributed by atoms with van der Waals surface area (Å²) in [6.07, 6.45) is 1.23. The average molecular weight is 200 g/mol. The van der Waals surface area contributed by atoms with Gasteiger partial charge in [0.1, 0.15) is 0 Å². The number of hydrogen-bond donors (Lipinski definition) is 2. The monoisotopic (exact) mass is 200 g/mol. The predicted octanol–water partition coefficient (Wildman–Crippen LogP) is 2.61. The van der Waals surface area contributed by atoms with Gasteiger partial charge in [-0.25, -0.2) is 0 Å². The molecule has 0 rings (SSSR count). The molecule has 0 bridgehead atoms. The van der Waals surface area contributed by atoms with E-state index in [0.29, 0.717) is 10.8 Å². The molecule has 0 aromatic heterocycles. The van der Waals surface area contributed by atoms with Crippen molar-refractivity contribution in [2.24, 2.45) is 10.8 Å². The minimum atomic E-state index is 0.381. The van der Waals surface area contributed by atoms with Crippen LogP contribution in [-0.4, -0.2) is 19.8 Å². The highest BCUT2D eigenvalue weighted by molar-refractivity contribution is 4.65. The first-order valence-electron chi connectivity index (χ1n) is 5.62. The molecule has 0 aliphatic heterocycles. The summed E-state index contributed by atoms with van der Waals surface area (Å²) in [5.74, 6) is 0. The summed E-state index contributed by atoms with van der Waals surface area (Å²) >= 11 is 0. The Balaban J connectivity index is 3.23. The largest absolute Gasteiger partial charge is 0.304 e. The zero-order chi connectivity index (χ0) is 11.2. The van der Waals surface area contributed by atoms with E-state index < -0.39 is 0 Å². The molecular formula is C12H28N2. The van der Waals surface area contributed by atoms with Gasteiger partial charge >= 0.3 is 0 Å². The lowest BCUT2D eigenvalue weighted by Gasteiger charge is -2.21. The van der Waals surface area contributed by atoms with Crippen molar-refractivity contribution in [1.82, 2.24) is 10.6 Å². The third-order valence-electron chi connectivity index (χ3n) is 1.96. The molecule has 0 saturated heterocycles. The fourth-order valence-electron chi connectivity index (χ4n) is 1.08. The summed E-state index contributed by atoms with van der Waals surface area (Å²) < 4.78 is 0. The van der Waals surface area contributed by atoms with Crippen LogP contribution in [0.3, 0.4) is 0 Å². The molecule has 0 atom stereocenters. The van der Waals surface area contributed by atoms with Crippen LogP contribution in [0.5, 0.6) is 0 Å². The summed E-state index contributed by atoms with van der Waals surface area (Å²) in [4.78, 5) is 0. The predicted molar refractivity (Wildman–Crippen MR) is 64.4 cm³/mol. The summed E-state index contributed by atoms with van der Waals surface area (Å²) in [6, 6.07) is 0. The summed E-state index contributed by atoms with van der Waals surface area (Å²) in [7, 11) is 0. The van der Waals surface area contributed by atoms with E-state index in [9.17, 15) is 0 Å². The van der Waals surface area contributed by atoms with Crippen LogP contribution in [0.2, 0.25) is 0 Å². The molecule has 0 amide bonds. The van der Waals surface area contributed by atoms with Crippen molar-refractivity contribution in [2.75, 3.05) is 19.8 Å². The summed E-state index contributed by atoms with van der Waals surface area (Å²) in [5, 5.41) is 6.80. The first-order valence-corrected chi connectivity index (χ1v) is 5.62. The van der Waals surface area contributed by atoms with Crippen LogP contribution in [0.25, 0.3) is 0 Å². The van der Waals surface area contributed by atoms with Gasteiger partial charge in [0.25, 0.3) is 0 Å². The van der Waals surface area contributed by atoms with E-state index in [0.717, 1.165) is 19.8 Å². The maximum absolute atomic E-state index is 3.40. The van der Waals surface area contributed by atoms with Gasteiger partial charge in [0.15, 0.2) is 0 Å². The molecule has 86 valence electrons. The van der Waals surface area contributed by atoms with E-state index >= 15 is 0 Å². The molecule has 2 heteroatoms. The standard InChI is InChI=1S/C12H28N2/c1-11(2,3)7-8-13-10-14-9-12(4,5)6/h13-14H,7-10H2,1-6H3. The maximum Gasteiger partial charge on any atom is 0.0454 e. The Bertz CT molecular complexity index is 121. The Morgan fingerprint density at radius 2 is 1.36 bits per heavy atom. The van der Waals surface area contributed by atoms with E-state index in [1.807, 2.05) is 0 Å².